The molecule has 1 aliphatic rings. The fourth-order valence-corrected chi connectivity index (χ4v) is 1.76. The molecule has 0 amide bonds. The largest absolute Gasteiger partial charge is 0.324 e. The first kappa shape index (κ1) is 9.65. The van der Waals surface area contributed by atoms with Crippen molar-refractivity contribution in [2.75, 3.05) is 0 Å². The van der Waals surface area contributed by atoms with Crippen molar-refractivity contribution in [1.82, 2.24) is 14.8 Å². The summed E-state index contributed by atoms with van der Waals surface area (Å²) in [4.78, 5) is 0. The molecule has 0 atom stereocenters. The molecule has 0 bridgehead atoms. The maximum absolute atomic E-state index is 5.63. The van der Waals surface area contributed by atoms with E-state index >= 15 is 0 Å². The molecule has 4 nitrogen and oxygen atoms in total. The van der Waals surface area contributed by atoms with Crippen LogP contribution < -0.4 is 5.73 Å². The normalized spacial score (nSPS) is 16.1. The van der Waals surface area contributed by atoms with Crippen LogP contribution in [0.3, 0.4) is 0 Å². The average molecular weight is 194 g/mol. The molecule has 0 unspecified atom stereocenters. The van der Waals surface area contributed by atoms with Crippen molar-refractivity contribution in [2.45, 2.75) is 51.6 Å². The van der Waals surface area contributed by atoms with E-state index in [1.54, 1.807) is 0 Å². The van der Waals surface area contributed by atoms with Gasteiger partial charge in [-0.25, -0.2) is 0 Å². The molecule has 1 saturated carbocycles. The van der Waals surface area contributed by atoms with Crippen LogP contribution in [-0.2, 0) is 13.0 Å². The third-order valence-corrected chi connectivity index (χ3v) is 2.69. The number of hydrogen-bond donors (Lipinski definition) is 1. The molecule has 1 fully saturated rings. The summed E-state index contributed by atoms with van der Waals surface area (Å²) in [6, 6.07) is 0.649. The number of rotatable bonds is 5. The van der Waals surface area contributed by atoms with Crippen molar-refractivity contribution < 1.29 is 0 Å². The number of nitrogens with zero attached hydrogens (tertiary/aromatic N) is 3. The van der Waals surface area contributed by atoms with Crippen LogP contribution in [0.2, 0.25) is 0 Å². The lowest BCUT2D eigenvalue weighted by Gasteiger charge is -2.06. The number of unbranched alkanes of at least 4 members (excludes halogenated alkanes) is 1. The third-order valence-electron chi connectivity index (χ3n) is 2.69. The summed E-state index contributed by atoms with van der Waals surface area (Å²) in [5, 5.41) is 8.36. The molecule has 1 aromatic rings. The molecule has 4 heteroatoms. The van der Waals surface area contributed by atoms with E-state index in [0.717, 1.165) is 18.1 Å². The smallest absolute Gasteiger partial charge is 0.147 e. The Morgan fingerprint density at radius 3 is 2.64 bits per heavy atom. The van der Waals surface area contributed by atoms with E-state index in [1.165, 1.54) is 25.7 Å². The highest BCUT2D eigenvalue weighted by Gasteiger charge is 2.28. The second kappa shape index (κ2) is 4.09. The summed E-state index contributed by atoms with van der Waals surface area (Å²) in [5.74, 6) is 2.09. The monoisotopic (exact) mass is 194 g/mol. The highest BCUT2D eigenvalue weighted by molar-refractivity contribution is 5.02. The Kier molecular flexibility index (Phi) is 2.82. The van der Waals surface area contributed by atoms with E-state index < -0.39 is 0 Å². The number of aromatic nitrogens is 3. The molecule has 2 N–H and O–H groups in total. The van der Waals surface area contributed by atoms with Crippen molar-refractivity contribution in [3.8, 4) is 0 Å². The number of nitrogens with two attached hydrogens (primary N) is 1. The summed E-state index contributed by atoms with van der Waals surface area (Å²) in [7, 11) is 0. The molecule has 0 saturated heterocycles. The average Bonchev–Trinajstić information content (AvgIpc) is 2.96. The molecule has 1 aliphatic carbocycles. The molecule has 14 heavy (non-hydrogen) atoms. The van der Waals surface area contributed by atoms with Crippen LogP contribution in [0.5, 0.6) is 0 Å². The second-order valence-electron chi connectivity index (χ2n) is 3.94. The Labute approximate surface area is 84.5 Å². The summed E-state index contributed by atoms with van der Waals surface area (Å²) in [6.45, 7) is 2.71. The molecule has 1 aromatic heterocycles. The van der Waals surface area contributed by atoms with Gasteiger partial charge in [0.2, 0.25) is 0 Å². The van der Waals surface area contributed by atoms with E-state index in [1.807, 2.05) is 0 Å². The van der Waals surface area contributed by atoms with Crippen molar-refractivity contribution in [3.05, 3.63) is 11.6 Å². The first-order valence-electron chi connectivity index (χ1n) is 5.49. The van der Waals surface area contributed by atoms with Gasteiger partial charge in [0.15, 0.2) is 0 Å². The predicted molar refractivity (Wildman–Crippen MR) is 54.8 cm³/mol. The first-order chi connectivity index (χ1) is 6.86. The van der Waals surface area contributed by atoms with Gasteiger partial charge >= 0.3 is 0 Å². The molecule has 0 spiro atoms. The lowest BCUT2D eigenvalue weighted by atomic mass is 10.2. The van der Waals surface area contributed by atoms with Gasteiger partial charge in [-0.3, -0.25) is 0 Å². The Morgan fingerprint density at radius 1 is 1.36 bits per heavy atom. The Hall–Kier alpha value is -0.900. The first-order valence-corrected chi connectivity index (χ1v) is 5.49. The summed E-state index contributed by atoms with van der Waals surface area (Å²) >= 11 is 0. The van der Waals surface area contributed by atoms with Crippen LogP contribution in [-0.4, -0.2) is 14.8 Å². The van der Waals surface area contributed by atoms with E-state index in [2.05, 4.69) is 21.7 Å². The van der Waals surface area contributed by atoms with Crippen LogP contribution in [0, 0.1) is 0 Å². The van der Waals surface area contributed by atoms with E-state index in [0.29, 0.717) is 12.6 Å². The third kappa shape index (κ3) is 1.80. The minimum absolute atomic E-state index is 0.510. The maximum Gasteiger partial charge on any atom is 0.147 e. The minimum Gasteiger partial charge on any atom is -0.324 e. The van der Waals surface area contributed by atoms with Crippen LogP contribution in [0.15, 0.2) is 0 Å². The van der Waals surface area contributed by atoms with Crippen LogP contribution in [0.25, 0.3) is 0 Å². The van der Waals surface area contributed by atoms with Gasteiger partial charge in [0, 0.05) is 12.5 Å². The Bertz CT molecular complexity index is 301. The molecule has 0 aromatic carbocycles. The van der Waals surface area contributed by atoms with E-state index in [4.69, 9.17) is 5.73 Å². The molecule has 1 heterocycles. The number of aryl methyl sites for hydroxylation is 1. The molecule has 0 aliphatic heterocycles. The molecule has 2 rings (SSSR count). The highest BCUT2D eigenvalue weighted by Crippen LogP contribution is 2.36. The topological polar surface area (TPSA) is 56.7 Å². The van der Waals surface area contributed by atoms with Crippen LogP contribution in [0.1, 0.15) is 50.3 Å². The number of hydrogen-bond acceptors (Lipinski definition) is 3. The Balaban J connectivity index is 2.16. The van der Waals surface area contributed by atoms with Gasteiger partial charge in [-0.1, -0.05) is 13.3 Å². The molecular weight excluding hydrogens is 176 g/mol. The van der Waals surface area contributed by atoms with Gasteiger partial charge in [0.05, 0.1) is 6.54 Å². The Morgan fingerprint density at radius 2 is 2.07 bits per heavy atom. The molecule has 0 radical (unpaired) electrons. The van der Waals surface area contributed by atoms with Gasteiger partial charge < -0.3 is 10.3 Å². The van der Waals surface area contributed by atoms with Crippen molar-refractivity contribution >= 4 is 0 Å². The highest BCUT2D eigenvalue weighted by atomic mass is 15.3. The van der Waals surface area contributed by atoms with E-state index in [9.17, 15) is 0 Å². The van der Waals surface area contributed by atoms with Gasteiger partial charge in [0.25, 0.3) is 0 Å². The van der Waals surface area contributed by atoms with Crippen LogP contribution in [0.4, 0.5) is 0 Å². The zero-order valence-corrected chi connectivity index (χ0v) is 8.74. The molecule has 78 valence electrons. The lowest BCUT2D eigenvalue weighted by molar-refractivity contribution is 0.624. The fourth-order valence-electron chi connectivity index (χ4n) is 1.76. The lowest BCUT2D eigenvalue weighted by Crippen LogP contribution is -2.09. The van der Waals surface area contributed by atoms with Crippen molar-refractivity contribution in [3.63, 3.8) is 0 Å². The van der Waals surface area contributed by atoms with Crippen molar-refractivity contribution in [2.24, 2.45) is 5.73 Å². The second-order valence-corrected chi connectivity index (χ2v) is 3.94. The zero-order valence-electron chi connectivity index (χ0n) is 8.74. The quantitative estimate of drug-likeness (QED) is 0.771. The zero-order chi connectivity index (χ0) is 9.97. The fraction of sp³-hybridized carbons (Fsp3) is 0.800. The summed E-state index contributed by atoms with van der Waals surface area (Å²) < 4.78 is 2.26. The maximum atomic E-state index is 5.63. The summed E-state index contributed by atoms with van der Waals surface area (Å²) in [6.07, 6.45) is 5.97. The SMILES string of the molecule is CCCCc1nnc(CN)n1C1CC1. The standard InChI is InChI=1S/C10H18N4/c1-2-3-4-9-12-13-10(7-11)14(9)8-5-6-8/h8H,2-7,11H2,1H3. The van der Waals surface area contributed by atoms with Gasteiger partial charge in [-0.15, -0.1) is 10.2 Å². The predicted octanol–water partition coefficient (Wildman–Crippen LogP) is 1.41. The van der Waals surface area contributed by atoms with Crippen molar-refractivity contribution in [1.29, 1.82) is 0 Å². The van der Waals surface area contributed by atoms with E-state index in [-0.39, 0.29) is 0 Å². The summed E-state index contributed by atoms with van der Waals surface area (Å²) in [5.41, 5.74) is 5.63. The van der Waals surface area contributed by atoms with Crippen LogP contribution >= 0.6 is 0 Å². The van der Waals surface area contributed by atoms with Gasteiger partial charge in [-0.2, -0.15) is 0 Å². The minimum atomic E-state index is 0.510. The van der Waals surface area contributed by atoms with Gasteiger partial charge in [0.1, 0.15) is 11.6 Å². The molecular formula is C10H18N4. The van der Waals surface area contributed by atoms with Gasteiger partial charge in [-0.05, 0) is 19.3 Å².